The molecule has 2 aromatic carbocycles. The molecule has 0 fully saturated rings. The second-order valence-electron chi connectivity index (χ2n) is 8.28. The van der Waals surface area contributed by atoms with Gasteiger partial charge in [0.15, 0.2) is 5.13 Å². The molecule has 0 atom stereocenters. The number of carbonyl (C=O) groups excluding carboxylic acids is 1. The van der Waals surface area contributed by atoms with Gasteiger partial charge in [0.05, 0.1) is 31.4 Å². The van der Waals surface area contributed by atoms with Crippen molar-refractivity contribution in [2.75, 3.05) is 32.2 Å². The monoisotopic (exact) mass is 564 g/mol. The van der Waals surface area contributed by atoms with Gasteiger partial charge in [-0.15, -0.1) is 13.2 Å². The molecule has 0 radical (unpaired) electrons. The van der Waals surface area contributed by atoms with Gasteiger partial charge in [-0.05, 0) is 48.5 Å². The minimum atomic E-state index is -3.80. The van der Waals surface area contributed by atoms with Crippen LogP contribution >= 0.6 is 11.3 Å². The average Bonchev–Trinajstić information content (AvgIpc) is 3.41. The van der Waals surface area contributed by atoms with Gasteiger partial charge < -0.3 is 9.47 Å². The van der Waals surface area contributed by atoms with E-state index in [-0.39, 0.29) is 30.4 Å². The molecular weight excluding hydrogens is 536 g/mol. The zero-order chi connectivity index (χ0) is 28.0. The van der Waals surface area contributed by atoms with Gasteiger partial charge >= 0.3 is 0 Å². The fourth-order valence-electron chi connectivity index (χ4n) is 3.90. The van der Waals surface area contributed by atoms with E-state index in [1.165, 1.54) is 57.0 Å². The van der Waals surface area contributed by atoms with Crippen LogP contribution in [0, 0.1) is 0 Å². The predicted molar refractivity (Wildman–Crippen MR) is 153 cm³/mol. The van der Waals surface area contributed by atoms with Crippen LogP contribution in [0.25, 0.3) is 10.2 Å². The first-order valence-corrected chi connectivity index (χ1v) is 14.1. The summed E-state index contributed by atoms with van der Waals surface area (Å²) in [5.41, 5.74) is 1.52. The van der Waals surface area contributed by atoms with E-state index in [0.29, 0.717) is 33.4 Å². The van der Waals surface area contributed by atoms with Crippen LogP contribution in [0.1, 0.15) is 16.1 Å². The second kappa shape index (κ2) is 12.2. The second-order valence-corrected chi connectivity index (χ2v) is 11.2. The molecule has 0 aliphatic heterocycles. The molecule has 11 heteroatoms. The summed E-state index contributed by atoms with van der Waals surface area (Å²) >= 11 is 1.29. The SMILES string of the molecule is C=CCN(CC=C)S(=O)(=O)c1ccc(C(=O)N(Cc2ccccn2)c2nc3c(OC)ccc(OC)c3s2)cc1. The van der Waals surface area contributed by atoms with Gasteiger partial charge in [0.25, 0.3) is 5.91 Å². The molecule has 0 bridgehead atoms. The summed E-state index contributed by atoms with van der Waals surface area (Å²) in [6.45, 7) is 7.68. The Morgan fingerprint density at radius 2 is 1.64 bits per heavy atom. The van der Waals surface area contributed by atoms with Crippen molar-refractivity contribution in [3.8, 4) is 11.5 Å². The molecule has 2 aromatic heterocycles. The number of thiazole rings is 1. The maximum atomic E-state index is 13.9. The highest BCUT2D eigenvalue weighted by molar-refractivity contribution is 7.89. The third-order valence-electron chi connectivity index (χ3n) is 5.83. The third-order valence-corrected chi connectivity index (χ3v) is 8.76. The number of methoxy groups -OCH3 is 2. The maximum Gasteiger partial charge on any atom is 0.260 e. The highest BCUT2D eigenvalue weighted by Gasteiger charge is 2.26. The van der Waals surface area contributed by atoms with Crippen LogP contribution in [0.5, 0.6) is 11.5 Å². The van der Waals surface area contributed by atoms with Crippen LogP contribution < -0.4 is 14.4 Å². The number of aromatic nitrogens is 2. The lowest BCUT2D eigenvalue weighted by molar-refractivity contribution is 0.0984. The predicted octanol–water partition coefficient (Wildman–Crippen LogP) is 4.92. The molecular formula is C28H28N4O5S2. The largest absolute Gasteiger partial charge is 0.495 e. The molecule has 0 N–H and O–H groups in total. The number of hydrogen-bond acceptors (Lipinski definition) is 8. The summed E-state index contributed by atoms with van der Waals surface area (Å²) < 4.78 is 39.2. The summed E-state index contributed by atoms with van der Waals surface area (Å²) in [7, 11) is -0.682. The Morgan fingerprint density at radius 3 is 2.23 bits per heavy atom. The van der Waals surface area contributed by atoms with Gasteiger partial charge in [0, 0.05) is 24.8 Å². The number of pyridine rings is 1. The molecule has 0 aliphatic carbocycles. The fourth-order valence-corrected chi connectivity index (χ4v) is 6.36. The van der Waals surface area contributed by atoms with Gasteiger partial charge in [-0.1, -0.05) is 29.6 Å². The normalized spacial score (nSPS) is 11.4. The number of nitrogens with zero attached hydrogens (tertiary/aromatic N) is 4. The fraction of sp³-hybridized carbons (Fsp3) is 0.179. The van der Waals surface area contributed by atoms with Crippen molar-refractivity contribution in [1.29, 1.82) is 0 Å². The summed E-state index contributed by atoms with van der Waals surface area (Å²) in [4.78, 5) is 24.5. The lowest BCUT2D eigenvalue weighted by Gasteiger charge is -2.21. The van der Waals surface area contributed by atoms with Crippen LogP contribution in [-0.2, 0) is 16.6 Å². The molecule has 202 valence electrons. The zero-order valence-corrected chi connectivity index (χ0v) is 23.2. The van der Waals surface area contributed by atoms with Crippen molar-refractivity contribution >= 4 is 42.6 Å². The number of sulfonamides is 1. The van der Waals surface area contributed by atoms with Crippen molar-refractivity contribution in [3.63, 3.8) is 0 Å². The van der Waals surface area contributed by atoms with Crippen molar-refractivity contribution in [2.24, 2.45) is 0 Å². The summed E-state index contributed by atoms with van der Waals surface area (Å²) in [5, 5.41) is 0.420. The van der Waals surface area contributed by atoms with Crippen molar-refractivity contribution in [3.05, 3.63) is 97.4 Å². The van der Waals surface area contributed by atoms with E-state index in [1.807, 2.05) is 12.1 Å². The minimum absolute atomic E-state index is 0.0634. The molecule has 2 heterocycles. The molecule has 39 heavy (non-hydrogen) atoms. The Hall–Kier alpha value is -4.06. The summed E-state index contributed by atoms with van der Waals surface area (Å²) in [6, 6.07) is 14.8. The Bertz CT molecular complexity index is 1530. The van der Waals surface area contributed by atoms with E-state index in [9.17, 15) is 13.2 Å². The smallest absolute Gasteiger partial charge is 0.260 e. The summed E-state index contributed by atoms with van der Waals surface area (Å²) in [6.07, 6.45) is 4.67. The van der Waals surface area contributed by atoms with Crippen LogP contribution in [0.4, 0.5) is 5.13 Å². The molecule has 1 amide bonds. The number of ether oxygens (including phenoxy) is 2. The first-order valence-electron chi connectivity index (χ1n) is 11.9. The standard InChI is InChI=1S/C28H28N4O5S2/c1-5-17-31(18-6-2)39(34,35)22-12-10-20(11-13-22)27(33)32(19-21-9-7-8-16-29-21)28-30-25-23(36-3)14-15-24(37-4)26(25)38-28/h5-16H,1-2,17-19H2,3-4H3. The number of rotatable bonds is 12. The summed E-state index contributed by atoms with van der Waals surface area (Å²) in [5.74, 6) is 0.797. The molecule has 0 unspecified atom stereocenters. The minimum Gasteiger partial charge on any atom is -0.495 e. The van der Waals surface area contributed by atoms with Crippen LogP contribution in [0.2, 0.25) is 0 Å². The third kappa shape index (κ3) is 5.85. The lowest BCUT2D eigenvalue weighted by Crippen LogP contribution is -2.32. The number of anilines is 1. The van der Waals surface area contributed by atoms with Crippen LogP contribution in [-0.4, -0.2) is 55.9 Å². The van der Waals surface area contributed by atoms with Crippen molar-refractivity contribution < 1.29 is 22.7 Å². The average molecular weight is 565 g/mol. The quantitative estimate of drug-likeness (QED) is 0.225. The van der Waals surface area contributed by atoms with Crippen LogP contribution in [0.15, 0.2) is 91.0 Å². The highest BCUT2D eigenvalue weighted by atomic mass is 32.2. The first-order chi connectivity index (χ1) is 18.8. The Morgan fingerprint density at radius 1 is 0.974 bits per heavy atom. The number of carbonyl (C=O) groups is 1. The molecule has 4 aromatic rings. The van der Waals surface area contributed by atoms with Gasteiger partial charge in [0.2, 0.25) is 10.0 Å². The number of amides is 1. The Balaban J connectivity index is 1.74. The van der Waals surface area contributed by atoms with E-state index in [0.717, 1.165) is 4.70 Å². The van der Waals surface area contributed by atoms with Crippen LogP contribution in [0.3, 0.4) is 0 Å². The van der Waals surface area contributed by atoms with E-state index in [2.05, 4.69) is 18.1 Å². The first kappa shape index (κ1) is 28.0. The Labute approximate surface area is 231 Å². The zero-order valence-electron chi connectivity index (χ0n) is 21.6. The van der Waals surface area contributed by atoms with E-state index >= 15 is 0 Å². The number of fused-ring (bicyclic) bond motifs is 1. The van der Waals surface area contributed by atoms with Gasteiger partial charge in [0.1, 0.15) is 21.7 Å². The highest BCUT2D eigenvalue weighted by Crippen LogP contribution is 2.40. The molecule has 4 rings (SSSR count). The van der Waals surface area contributed by atoms with Crippen molar-refractivity contribution in [2.45, 2.75) is 11.4 Å². The molecule has 0 saturated carbocycles. The van der Waals surface area contributed by atoms with E-state index in [1.54, 1.807) is 38.6 Å². The molecule has 9 nitrogen and oxygen atoms in total. The topological polar surface area (TPSA) is 102 Å². The maximum absolute atomic E-state index is 13.9. The molecule has 0 saturated heterocycles. The van der Waals surface area contributed by atoms with Gasteiger partial charge in [-0.2, -0.15) is 4.31 Å². The van der Waals surface area contributed by atoms with Gasteiger partial charge in [-0.25, -0.2) is 13.4 Å². The van der Waals surface area contributed by atoms with E-state index < -0.39 is 10.0 Å². The van der Waals surface area contributed by atoms with Crippen molar-refractivity contribution in [1.82, 2.24) is 14.3 Å². The van der Waals surface area contributed by atoms with Gasteiger partial charge in [-0.3, -0.25) is 14.7 Å². The number of hydrogen-bond donors (Lipinski definition) is 0. The molecule has 0 aliphatic rings. The molecule has 0 spiro atoms. The van der Waals surface area contributed by atoms with E-state index in [4.69, 9.17) is 14.5 Å². The lowest BCUT2D eigenvalue weighted by atomic mass is 10.2. The number of benzene rings is 2. The Kier molecular flexibility index (Phi) is 8.75.